The standard InChI is InChI=1S/C15H12BrClFN5/c1-23(10-4-2-3-8(16)5-10)14-13-11(18)6-9(17)7-12(13)20-15(21-14)22-19/h2-7H,19H2,1H3,(H,20,21,22). The van der Waals surface area contributed by atoms with E-state index in [4.69, 9.17) is 17.4 Å². The molecule has 5 nitrogen and oxygen atoms in total. The minimum absolute atomic E-state index is 0.177. The van der Waals surface area contributed by atoms with Crippen molar-refractivity contribution in [3.63, 3.8) is 0 Å². The topological polar surface area (TPSA) is 67.1 Å². The number of halogens is 3. The Kier molecular flexibility index (Phi) is 4.34. The molecule has 0 radical (unpaired) electrons. The van der Waals surface area contributed by atoms with Gasteiger partial charge in [0.25, 0.3) is 0 Å². The molecule has 0 aliphatic heterocycles. The monoisotopic (exact) mass is 395 g/mol. The molecule has 23 heavy (non-hydrogen) atoms. The zero-order valence-corrected chi connectivity index (χ0v) is 14.4. The van der Waals surface area contributed by atoms with Crippen LogP contribution in [0.25, 0.3) is 10.9 Å². The molecule has 0 amide bonds. The van der Waals surface area contributed by atoms with Gasteiger partial charge < -0.3 is 4.90 Å². The van der Waals surface area contributed by atoms with Crippen molar-refractivity contribution in [2.45, 2.75) is 0 Å². The van der Waals surface area contributed by atoms with Gasteiger partial charge in [-0.05, 0) is 30.3 Å². The SMILES string of the molecule is CN(c1cccc(Br)c1)c1nc(NN)nc2cc(Cl)cc(F)c12. The summed E-state index contributed by atoms with van der Waals surface area (Å²) in [5.41, 5.74) is 3.59. The van der Waals surface area contributed by atoms with Crippen molar-refractivity contribution in [1.82, 2.24) is 9.97 Å². The van der Waals surface area contributed by atoms with Crippen molar-refractivity contribution in [1.29, 1.82) is 0 Å². The van der Waals surface area contributed by atoms with Crippen LogP contribution in [-0.4, -0.2) is 17.0 Å². The van der Waals surface area contributed by atoms with E-state index in [1.165, 1.54) is 6.07 Å². The van der Waals surface area contributed by atoms with E-state index >= 15 is 0 Å². The molecule has 0 atom stereocenters. The van der Waals surface area contributed by atoms with Gasteiger partial charge in [0.05, 0.1) is 10.9 Å². The molecule has 0 saturated heterocycles. The van der Waals surface area contributed by atoms with Crippen LogP contribution in [0.5, 0.6) is 0 Å². The van der Waals surface area contributed by atoms with Crippen LogP contribution in [0.4, 0.5) is 21.8 Å². The maximum Gasteiger partial charge on any atom is 0.239 e. The zero-order valence-electron chi connectivity index (χ0n) is 12.0. The highest BCUT2D eigenvalue weighted by Crippen LogP contribution is 2.33. The van der Waals surface area contributed by atoms with Crippen LogP contribution in [0.1, 0.15) is 0 Å². The second kappa shape index (κ2) is 6.27. The van der Waals surface area contributed by atoms with Crippen molar-refractivity contribution in [2.75, 3.05) is 17.4 Å². The van der Waals surface area contributed by atoms with Crippen LogP contribution < -0.4 is 16.2 Å². The summed E-state index contributed by atoms with van der Waals surface area (Å²) in [7, 11) is 1.79. The quantitative estimate of drug-likeness (QED) is 0.512. The molecule has 8 heteroatoms. The van der Waals surface area contributed by atoms with Crippen LogP contribution in [0.3, 0.4) is 0 Å². The largest absolute Gasteiger partial charge is 0.329 e. The molecule has 0 saturated carbocycles. The maximum absolute atomic E-state index is 14.4. The van der Waals surface area contributed by atoms with Crippen LogP contribution in [-0.2, 0) is 0 Å². The average molecular weight is 397 g/mol. The fourth-order valence-corrected chi connectivity index (χ4v) is 2.87. The lowest BCUT2D eigenvalue weighted by Gasteiger charge is -2.21. The second-order valence-corrected chi connectivity index (χ2v) is 6.19. The van der Waals surface area contributed by atoms with Gasteiger partial charge in [-0.15, -0.1) is 0 Å². The summed E-state index contributed by atoms with van der Waals surface area (Å²) in [6.45, 7) is 0. The molecule has 0 spiro atoms. The van der Waals surface area contributed by atoms with Gasteiger partial charge in [-0.3, -0.25) is 5.43 Å². The van der Waals surface area contributed by atoms with E-state index in [1.807, 2.05) is 24.3 Å². The van der Waals surface area contributed by atoms with E-state index in [0.29, 0.717) is 11.3 Å². The number of hydrogen-bond donors (Lipinski definition) is 2. The summed E-state index contributed by atoms with van der Waals surface area (Å²) in [6, 6.07) is 10.4. The van der Waals surface area contributed by atoms with E-state index in [1.54, 1.807) is 18.0 Å². The van der Waals surface area contributed by atoms with Gasteiger partial charge >= 0.3 is 0 Å². The van der Waals surface area contributed by atoms with Crippen molar-refractivity contribution < 1.29 is 4.39 Å². The fourth-order valence-electron chi connectivity index (χ4n) is 2.28. The third-order valence-electron chi connectivity index (χ3n) is 3.34. The van der Waals surface area contributed by atoms with Crippen molar-refractivity contribution in [2.24, 2.45) is 5.84 Å². The van der Waals surface area contributed by atoms with Gasteiger partial charge in [-0.2, -0.15) is 4.98 Å². The molecular formula is C15H12BrClFN5. The molecule has 1 heterocycles. The van der Waals surface area contributed by atoms with Crippen LogP contribution >= 0.6 is 27.5 Å². The molecule has 3 aromatic rings. The predicted molar refractivity (Wildman–Crippen MR) is 94.5 cm³/mol. The van der Waals surface area contributed by atoms with E-state index in [2.05, 4.69) is 31.3 Å². The first-order valence-corrected chi connectivity index (χ1v) is 7.79. The number of hydrazine groups is 1. The lowest BCUT2D eigenvalue weighted by atomic mass is 10.2. The van der Waals surface area contributed by atoms with Crippen molar-refractivity contribution >= 4 is 55.9 Å². The van der Waals surface area contributed by atoms with Crippen LogP contribution in [0.15, 0.2) is 40.9 Å². The molecule has 0 aliphatic rings. The average Bonchev–Trinajstić information content (AvgIpc) is 2.52. The Morgan fingerprint density at radius 1 is 1.26 bits per heavy atom. The van der Waals surface area contributed by atoms with E-state index in [9.17, 15) is 4.39 Å². The maximum atomic E-state index is 14.4. The number of nitrogen functional groups attached to an aromatic ring is 1. The first-order valence-electron chi connectivity index (χ1n) is 6.62. The first kappa shape index (κ1) is 15.9. The Morgan fingerprint density at radius 2 is 2.04 bits per heavy atom. The lowest BCUT2D eigenvalue weighted by Crippen LogP contribution is -2.16. The highest BCUT2D eigenvalue weighted by Gasteiger charge is 2.17. The molecule has 0 aliphatic carbocycles. The molecule has 0 fully saturated rings. The Balaban J connectivity index is 2.26. The van der Waals surface area contributed by atoms with E-state index < -0.39 is 5.82 Å². The number of hydrogen-bond acceptors (Lipinski definition) is 5. The third-order valence-corrected chi connectivity index (χ3v) is 4.05. The van der Waals surface area contributed by atoms with Crippen LogP contribution in [0.2, 0.25) is 5.02 Å². The zero-order chi connectivity index (χ0) is 16.6. The second-order valence-electron chi connectivity index (χ2n) is 4.84. The molecule has 0 bridgehead atoms. The predicted octanol–water partition coefficient (Wildman–Crippen LogP) is 4.24. The number of fused-ring (bicyclic) bond motifs is 1. The molecule has 3 rings (SSSR count). The van der Waals surface area contributed by atoms with Gasteiger partial charge in [0.1, 0.15) is 11.6 Å². The van der Waals surface area contributed by atoms with Crippen LogP contribution in [0, 0.1) is 5.82 Å². The third kappa shape index (κ3) is 3.08. The Hall–Kier alpha value is -1.96. The Labute approximate surface area is 145 Å². The highest BCUT2D eigenvalue weighted by molar-refractivity contribution is 9.10. The summed E-state index contributed by atoms with van der Waals surface area (Å²) in [4.78, 5) is 10.2. The van der Waals surface area contributed by atoms with Gasteiger partial charge in [0.15, 0.2) is 0 Å². The number of nitrogens with one attached hydrogen (secondary N) is 1. The Morgan fingerprint density at radius 3 is 2.74 bits per heavy atom. The minimum atomic E-state index is -0.493. The molecule has 3 N–H and O–H groups in total. The number of anilines is 3. The number of aromatic nitrogens is 2. The molecular weight excluding hydrogens is 385 g/mol. The molecule has 118 valence electrons. The summed E-state index contributed by atoms with van der Waals surface area (Å²) in [6.07, 6.45) is 0. The first-order chi connectivity index (χ1) is 11.0. The Bertz CT molecular complexity index is 889. The summed E-state index contributed by atoms with van der Waals surface area (Å²) < 4.78 is 15.4. The highest BCUT2D eigenvalue weighted by atomic mass is 79.9. The number of rotatable bonds is 3. The number of nitrogens with zero attached hydrogens (tertiary/aromatic N) is 3. The smallest absolute Gasteiger partial charge is 0.239 e. The fraction of sp³-hybridized carbons (Fsp3) is 0.0667. The summed E-state index contributed by atoms with van der Waals surface area (Å²) >= 11 is 9.34. The van der Waals surface area contributed by atoms with Gasteiger partial charge in [0, 0.05) is 22.2 Å². The van der Waals surface area contributed by atoms with E-state index in [0.717, 1.165) is 10.2 Å². The van der Waals surface area contributed by atoms with Gasteiger partial charge in [-0.25, -0.2) is 15.2 Å². The van der Waals surface area contributed by atoms with Crippen molar-refractivity contribution in [3.8, 4) is 0 Å². The summed E-state index contributed by atoms with van der Waals surface area (Å²) in [5, 5.41) is 0.531. The minimum Gasteiger partial charge on any atom is -0.329 e. The van der Waals surface area contributed by atoms with Crippen molar-refractivity contribution in [3.05, 3.63) is 51.7 Å². The molecule has 0 unspecified atom stereocenters. The number of nitrogens with two attached hydrogens (primary N) is 1. The normalized spacial score (nSPS) is 10.8. The number of benzene rings is 2. The van der Waals surface area contributed by atoms with Gasteiger partial charge in [0.2, 0.25) is 5.95 Å². The molecule has 1 aromatic heterocycles. The lowest BCUT2D eigenvalue weighted by molar-refractivity contribution is 0.639. The summed E-state index contributed by atoms with van der Waals surface area (Å²) in [5.74, 6) is 5.49. The van der Waals surface area contributed by atoms with Gasteiger partial charge in [-0.1, -0.05) is 33.6 Å². The van der Waals surface area contributed by atoms with E-state index in [-0.39, 0.29) is 16.4 Å². The molecule has 2 aromatic carbocycles.